The Morgan fingerprint density at radius 3 is 2.74 bits per heavy atom. The van der Waals surface area contributed by atoms with Gasteiger partial charge in [0.25, 0.3) is 0 Å². The van der Waals surface area contributed by atoms with Crippen LogP contribution >= 0.6 is 0 Å². The summed E-state index contributed by atoms with van der Waals surface area (Å²) >= 11 is 0. The van der Waals surface area contributed by atoms with Crippen LogP contribution in [0.2, 0.25) is 0 Å². The van der Waals surface area contributed by atoms with Gasteiger partial charge in [0.15, 0.2) is 6.61 Å². The van der Waals surface area contributed by atoms with Crippen LogP contribution in [0.5, 0.6) is 5.75 Å². The molecule has 0 fully saturated rings. The quantitative estimate of drug-likeness (QED) is 0.730. The maximum atomic E-state index is 11.4. The SMILES string of the molecule is CCNC(=O)NCCc1cccc2ccc(OCC(=O)O)cc12. The second-order valence-electron chi connectivity index (χ2n) is 5.02. The van der Waals surface area contributed by atoms with Gasteiger partial charge in [0, 0.05) is 13.1 Å². The minimum atomic E-state index is -1.01. The number of fused-ring (bicyclic) bond motifs is 1. The lowest BCUT2D eigenvalue weighted by Crippen LogP contribution is -2.36. The van der Waals surface area contributed by atoms with E-state index >= 15 is 0 Å². The Labute approximate surface area is 134 Å². The van der Waals surface area contributed by atoms with Crippen molar-refractivity contribution < 1.29 is 19.4 Å². The average molecular weight is 316 g/mol. The molecule has 0 saturated carbocycles. The van der Waals surface area contributed by atoms with Crippen molar-refractivity contribution in [3.63, 3.8) is 0 Å². The van der Waals surface area contributed by atoms with Crippen LogP contribution in [0, 0.1) is 0 Å². The van der Waals surface area contributed by atoms with E-state index in [1.54, 1.807) is 6.07 Å². The van der Waals surface area contributed by atoms with Crippen LogP contribution in [0.15, 0.2) is 36.4 Å². The summed E-state index contributed by atoms with van der Waals surface area (Å²) in [6.07, 6.45) is 0.677. The highest BCUT2D eigenvalue weighted by Crippen LogP contribution is 2.24. The molecule has 6 heteroatoms. The summed E-state index contributed by atoms with van der Waals surface area (Å²) in [6, 6.07) is 11.2. The van der Waals surface area contributed by atoms with E-state index in [1.165, 1.54) is 0 Å². The monoisotopic (exact) mass is 316 g/mol. The van der Waals surface area contributed by atoms with E-state index in [0.29, 0.717) is 25.3 Å². The summed E-state index contributed by atoms with van der Waals surface area (Å²) in [5, 5.41) is 16.2. The van der Waals surface area contributed by atoms with Gasteiger partial charge in [0.05, 0.1) is 0 Å². The highest BCUT2D eigenvalue weighted by Gasteiger charge is 2.05. The van der Waals surface area contributed by atoms with E-state index in [9.17, 15) is 9.59 Å². The molecule has 2 rings (SSSR count). The maximum Gasteiger partial charge on any atom is 0.341 e. The normalized spacial score (nSPS) is 10.3. The van der Waals surface area contributed by atoms with Crippen LogP contribution in [0.25, 0.3) is 10.8 Å². The van der Waals surface area contributed by atoms with Crippen LogP contribution in [0.3, 0.4) is 0 Å². The van der Waals surface area contributed by atoms with E-state index in [2.05, 4.69) is 10.6 Å². The second kappa shape index (κ2) is 8.03. The molecule has 23 heavy (non-hydrogen) atoms. The largest absolute Gasteiger partial charge is 0.482 e. The molecule has 0 atom stereocenters. The average Bonchev–Trinajstić information content (AvgIpc) is 2.53. The van der Waals surface area contributed by atoms with Crippen molar-refractivity contribution in [1.29, 1.82) is 0 Å². The molecule has 0 heterocycles. The van der Waals surface area contributed by atoms with Crippen molar-refractivity contribution in [3.05, 3.63) is 42.0 Å². The number of hydrogen-bond acceptors (Lipinski definition) is 3. The van der Waals surface area contributed by atoms with Gasteiger partial charge < -0.3 is 20.5 Å². The first-order valence-electron chi connectivity index (χ1n) is 7.48. The third-order valence-electron chi connectivity index (χ3n) is 3.32. The van der Waals surface area contributed by atoms with Crippen LogP contribution in [0.4, 0.5) is 4.79 Å². The molecule has 0 radical (unpaired) electrons. The van der Waals surface area contributed by atoms with Gasteiger partial charge in [-0.25, -0.2) is 9.59 Å². The number of nitrogens with one attached hydrogen (secondary N) is 2. The standard InChI is InChI=1S/C17H20N2O4/c1-2-18-17(22)19-9-8-13-5-3-4-12-6-7-14(10-15(12)13)23-11-16(20)21/h3-7,10H,2,8-9,11H2,1H3,(H,20,21)(H2,18,19,22). The topological polar surface area (TPSA) is 87.7 Å². The van der Waals surface area contributed by atoms with Crippen molar-refractivity contribution in [1.82, 2.24) is 10.6 Å². The highest BCUT2D eigenvalue weighted by molar-refractivity contribution is 5.87. The van der Waals surface area contributed by atoms with Crippen LogP contribution in [-0.2, 0) is 11.2 Å². The number of benzene rings is 2. The van der Waals surface area contributed by atoms with Gasteiger partial charge in [0.2, 0.25) is 0 Å². The fraction of sp³-hybridized carbons (Fsp3) is 0.294. The zero-order chi connectivity index (χ0) is 16.7. The summed E-state index contributed by atoms with van der Waals surface area (Å²) in [5.41, 5.74) is 1.07. The Kier molecular flexibility index (Phi) is 5.80. The molecule has 2 aromatic carbocycles. The first-order valence-corrected chi connectivity index (χ1v) is 7.48. The lowest BCUT2D eigenvalue weighted by Gasteiger charge is -2.10. The van der Waals surface area contributed by atoms with Gasteiger partial charge in [-0.15, -0.1) is 0 Å². The number of amides is 2. The van der Waals surface area contributed by atoms with Gasteiger partial charge >= 0.3 is 12.0 Å². The van der Waals surface area contributed by atoms with E-state index in [0.717, 1.165) is 16.3 Å². The molecule has 0 saturated heterocycles. The molecule has 2 amide bonds. The summed E-state index contributed by atoms with van der Waals surface area (Å²) in [5.74, 6) is -0.492. The van der Waals surface area contributed by atoms with Crippen LogP contribution in [0.1, 0.15) is 12.5 Å². The number of carboxylic acid groups (broad SMARTS) is 1. The fourth-order valence-electron chi connectivity index (χ4n) is 2.30. The molecule has 6 nitrogen and oxygen atoms in total. The molecular formula is C17H20N2O4. The predicted molar refractivity (Wildman–Crippen MR) is 87.9 cm³/mol. The molecular weight excluding hydrogens is 296 g/mol. The van der Waals surface area contributed by atoms with Gasteiger partial charge in [-0.3, -0.25) is 0 Å². The van der Waals surface area contributed by atoms with Gasteiger partial charge in [-0.1, -0.05) is 24.3 Å². The highest BCUT2D eigenvalue weighted by atomic mass is 16.5. The molecule has 0 aliphatic carbocycles. The van der Waals surface area contributed by atoms with Gasteiger partial charge in [-0.05, 0) is 41.8 Å². The minimum Gasteiger partial charge on any atom is -0.482 e. The lowest BCUT2D eigenvalue weighted by molar-refractivity contribution is -0.139. The number of hydrogen-bond donors (Lipinski definition) is 3. The third-order valence-corrected chi connectivity index (χ3v) is 3.32. The Balaban J connectivity index is 2.10. The number of rotatable bonds is 7. The lowest BCUT2D eigenvalue weighted by atomic mass is 10.0. The molecule has 0 spiro atoms. The molecule has 0 aromatic heterocycles. The van der Waals surface area contributed by atoms with Crippen molar-refractivity contribution in [2.45, 2.75) is 13.3 Å². The van der Waals surface area contributed by atoms with Gasteiger partial charge in [0.1, 0.15) is 5.75 Å². The molecule has 0 bridgehead atoms. The third kappa shape index (κ3) is 4.88. The number of carbonyl (C=O) groups is 2. The maximum absolute atomic E-state index is 11.4. The minimum absolute atomic E-state index is 0.182. The predicted octanol–water partition coefficient (Wildman–Crippen LogP) is 2.16. The van der Waals surface area contributed by atoms with E-state index in [1.807, 2.05) is 37.3 Å². The Hall–Kier alpha value is -2.76. The summed E-state index contributed by atoms with van der Waals surface area (Å²) in [4.78, 5) is 22.0. The molecule has 2 aromatic rings. The number of carboxylic acids is 1. The smallest absolute Gasteiger partial charge is 0.341 e. The number of aliphatic carboxylic acids is 1. The fourth-order valence-corrected chi connectivity index (χ4v) is 2.30. The first kappa shape index (κ1) is 16.6. The second-order valence-corrected chi connectivity index (χ2v) is 5.02. The van der Waals surface area contributed by atoms with Crippen molar-refractivity contribution in [2.24, 2.45) is 0 Å². The van der Waals surface area contributed by atoms with Crippen molar-refractivity contribution in [3.8, 4) is 5.75 Å². The van der Waals surface area contributed by atoms with E-state index < -0.39 is 5.97 Å². The zero-order valence-corrected chi connectivity index (χ0v) is 13.0. The Bertz CT molecular complexity index is 700. The molecule has 0 aliphatic rings. The molecule has 0 unspecified atom stereocenters. The Morgan fingerprint density at radius 2 is 2.00 bits per heavy atom. The number of ether oxygens (including phenoxy) is 1. The molecule has 0 aliphatic heterocycles. The van der Waals surface area contributed by atoms with Crippen LogP contribution < -0.4 is 15.4 Å². The zero-order valence-electron chi connectivity index (χ0n) is 13.0. The first-order chi connectivity index (χ1) is 11.1. The molecule has 122 valence electrons. The van der Waals surface area contributed by atoms with E-state index in [4.69, 9.17) is 9.84 Å². The van der Waals surface area contributed by atoms with Crippen molar-refractivity contribution >= 4 is 22.8 Å². The summed E-state index contributed by atoms with van der Waals surface area (Å²) in [7, 11) is 0. The van der Waals surface area contributed by atoms with Crippen molar-refractivity contribution in [2.75, 3.05) is 19.7 Å². The van der Waals surface area contributed by atoms with E-state index in [-0.39, 0.29) is 12.6 Å². The van der Waals surface area contributed by atoms with Crippen LogP contribution in [-0.4, -0.2) is 36.8 Å². The summed E-state index contributed by atoms with van der Waals surface area (Å²) in [6.45, 7) is 2.60. The summed E-state index contributed by atoms with van der Waals surface area (Å²) < 4.78 is 5.23. The van der Waals surface area contributed by atoms with Gasteiger partial charge in [-0.2, -0.15) is 0 Å². The number of carbonyl (C=O) groups excluding carboxylic acids is 1. The Morgan fingerprint density at radius 1 is 1.17 bits per heavy atom. The number of urea groups is 1. The molecule has 3 N–H and O–H groups in total.